The van der Waals surface area contributed by atoms with Crippen LogP contribution in [0.15, 0.2) is 70.6 Å². The first-order chi connectivity index (χ1) is 19.6. The van der Waals surface area contributed by atoms with Crippen LogP contribution in [0.1, 0.15) is 47.8 Å². The maximum atomic E-state index is 13.9. The molecule has 1 amide bonds. The molecule has 7 nitrogen and oxygen atoms in total. The number of fused-ring (bicyclic) bond motifs is 5. The fourth-order valence-corrected chi connectivity index (χ4v) is 7.68. The Labute approximate surface area is 241 Å². The molecule has 40 heavy (non-hydrogen) atoms. The Morgan fingerprint density at radius 2 is 1.70 bits per heavy atom. The van der Waals surface area contributed by atoms with Gasteiger partial charge in [-0.2, -0.15) is 0 Å². The van der Waals surface area contributed by atoms with E-state index in [0.29, 0.717) is 17.5 Å². The standard InChI is InChI=1S/C31H33N5O2S2/c1-21(16-17-22-10-4-2-5-11-22)32-26(37)20-39-31-34-33-30-35(19-18-23-12-6-3-7-13-23)28(38)27-24-14-8-9-15-25(24)40-29(27)36(30)31/h2-7,10-13,21H,8-9,14-20H2,1H3,(H,32,37)/t21-/m1/s1. The number of carbonyl (C=O) groups is 1. The smallest absolute Gasteiger partial charge is 0.263 e. The highest BCUT2D eigenvalue weighted by atomic mass is 32.2. The number of benzene rings is 2. The Bertz CT molecular complexity index is 1690. The minimum atomic E-state index is -0.0265. The van der Waals surface area contributed by atoms with E-state index in [1.165, 1.54) is 33.3 Å². The predicted molar refractivity (Wildman–Crippen MR) is 163 cm³/mol. The molecule has 0 saturated heterocycles. The SMILES string of the molecule is C[C@H](CCc1ccccc1)NC(=O)CSc1nnc2n(CCc3ccccc3)c(=O)c3c4c(sc3n12)CCCC4. The molecular formula is C31H33N5O2S2. The van der Waals surface area contributed by atoms with E-state index in [1.807, 2.05) is 47.7 Å². The number of aromatic nitrogens is 4. The van der Waals surface area contributed by atoms with Gasteiger partial charge in [0, 0.05) is 17.5 Å². The number of thiophene rings is 1. The van der Waals surface area contributed by atoms with Gasteiger partial charge in [-0.15, -0.1) is 21.5 Å². The quantitative estimate of drug-likeness (QED) is 0.225. The molecule has 1 aliphatic rings. The summed E-state index contributed by atoms with van der Waals surface area (Å²) in [7, 11) is 0. The molecule has 0 unspecified atom stereocenters. The van der Waals surface area contributed by atoms with Gasteiger partial charge in [-0.3, -0.25) is 14.2 Å². The number of thioether (sulfide) groups is 1. The molecule has 3 heterocycles. The van der Waals surface area contributed by atoms with E-state index in [-0.39, 0.29) is 23.3 Å². The minimum Gasteiger partial charge on any atom is -0.353 e. The lowest BCUT2D eigenvalue weighted by Crippen LogP contribution is -2.34. The van der Waals surface area contributed by atoms with Gasteiger partial charge in [0.1, 0.15) is 4.83 Å². The summed E-state index contributed by atoms with van der Waals surface area (Å²) < 4.78 is 3.79. The Hall–Kier alpha value is -3.43. The first-order valence-corrected chi connectivity index (χ1v) is 15.8. The normalized spacial score (nSPS) is 13.9. The number of rotatable bonds is 10. The second-order valence-corrected chi connectivity index (χ2v) is 12.5. The van der Waals surface area contributed by atoms with E-state index in [4.69, 9.17) is 0 Å². The zero-order chi connectivity index (χ0) is 27.5. The third kappa shape index (κ3) is 5.58. The summed E-state index contributed by atoms with van der Waals surface area (Å²) >= 11 is 3.07. The average Bonchev–Trinajstić information content (AvgIpc) is 3.58. The maximum Gasteiger partial charge on any atom is 0.263 e. The molecule has 0 bridgehead atoms. The van der Waals surface area contributed by atoms with Crippen LogP contribution in [0, 0.1) is 0 Å². The van der Waals surface area contributed by atoms with Crippen molar-refractivity contribution in [3.8, 4) is 0 Å². The van der Waals surface area contributed by atoms with Crippen molar-refractivity contribution in [1.82, 2.24) is 24.5 Å². The summed E-state index contributed by atoms with van der Waals surface area (Å²) in [5, 5.41) is 13.5. The van der Waals surface area contributed by atoms with Gasteiger partial charge in [0.2, 0.25) is 11.7 Å². The molecule has 9 heteroatoms. The van der Waals surface area contributed by atoms with Crippen molar-refractivity contribution in [1.29, 1.82) is 0 Å². The summed E-state index contributed by atoms with van der Waals surface area (Å²) in [5.74, 6) is 0.763. The Kier molecular flexibility index (Phi) is 8.02. The Morgan fingerprint density at radius 1 is 1.00 bits per heavy atom. The topological polar surface area (TPSA) is 81.3 Å². The molecule has 1 aliphatic carbocycles. The van der Waals surface area contributed by atoms with Gasteiger partial charge in [0.15, 0.2) is 5.16 Å². The van der Waals surface area contributed by atoms with E-state index in [1.54, 1.807) is 15.9 Å². The average molecular weight is 572 g/mol. The van der Waals surface area contributed by atoms with Gasteiger partial charge in [-0.1, -0.05) is 72.4 Å². The zero-order valence-electron chi connectivity index (χ0n) is 22.6. The third-order valence-electron chi connectivity index (χ3n) is 7.59. The Balaban J connectivity index is 1.25. The highest BCUT2D eigenvalue weighted by molar-refractivity contribution is 7.99. The van der Waals surface area contributed by atoms with Crippen LogP contribution in [0.2, 0.25) is 0 Å². The van der Waals surface area contributed by atoms with Gasteiger partial charge in [-0.25, -0.2) is 4.40 Å². The monoisotopic (exact) mass is 571 g/mol. The summed E-state index contributed by atoms with van der Waals surface area (Å²) in [6.07, 6.45) is 6.72. The molecule has 0 radical (unpaired) electrons. The number of nitrogens with zero attached hydrogens (tertiary/aromatic N) is 4. The lowest BCUT2D eigenvalue weighted by atomic mass is 9.97. The summed E-state index contributed by atoms with van der Waals surface area (Å²) in [5.41, 5.74) is 3.66. The van der Waals surface area contributed by atoms with Gasteiger partial charge in [0.25, 0.3) is 5.56 Å². The molecule has 5 aromatic rings. The van der Waals surface area contributed by atoms with Crippen molar-refractivity contribution in [2.45, 2.75) is 69.6 Å². The highest BCUT2D eigenvalue weighted by Gasteiger charge is 2.25. The first-order valence-electron chi connectivity index (χ1n) is 14.0. The molecule has 0 spiro atoms. The molecule has 1 N–H and O–H groups in total. The van der Waals surface area contributed by atoms with Crippen LogP contribution in [-0.2, 0) is 37.0 Å². The number of aryl methyl sites for hydroxylation is 5. The van der Waals surface area contributed by atoms with Crippen molar-refractivity contribution < 1.29 is 4.79 Å². The maximum absolute atomic E-state index is 13.9. The zero-order valence-corrected chi connectivity index (χ0v) is 24.3. The van der Waals surface area contributed by atoms with Gasteiger partial charge in [-0.05, 0) is 68.6 Å². The molecule has 0 fully saturated rings. The Morgan fingerprint density at radius 3 is 2.45 bits per heavy atom. The molecular weight excluding hydrogens is 539 g/mol. The van der Waals surface area contributed by atoms with E-state index in [2.05, 4.69) is 39.8 Å². The second-order valence-electron chi connectivity index (χ2n) is 10.5. The predicted octanol–water partition coefficient (Wildman–Crippen LogP) is 5.46. The molecule has 3 aromatic heterocycles. The van der Waals surface area contributed by atoms with Crippen LogP contribution < -0.4 is 10.9 Å². The molecule has 1 atom stereocenters. The van der Waals surface area contributed by atoms with Crippen molar-refractivity contribution in [3.63, 3.8) is 0 Å². The fraction of sp³-hybridized carbons (Fsp3) is 0.355. The van der Waals surface area contributed by atoms with Crippen LogP contribution in [0.3, 0.4) is 0 Å². The molecule has 0 saturated carbocycles. The van der Waals surface area contributed by atoms with Gasteiger partial charge >= 0.3 is 0 Å². The molecule has 0 aliphatic heterocycles. The van der Waals surface area contributed by atoms with Crippen molar-refractivity contribution in [2.75, 3.05) is 5.75 Å². The van der Waals surface area contributed by atoms with Crippen molar-refractivity contribution in [2.24, 2.45) is 0 Å². The second kappa shape index (κ2) is 12.0. The summed E-state index contributed by atoms with van der Waals surface area (Å²) in [6.45, 7) is 2.57. The van der Waals surface area contributed by atoms with Gasteiger partial charge < -0.3 is 5.32 Å². The van der Waals surface area contributed by atoms with Crippen LogP contribution >= 0.6 is 23.1 Å². The first kappa shape index (κ1) is 26.8. The summed E-state index contributed by atoms with van der Waals surface area (Å²) in [6, 6.07) is 20.6. The van der Waals surface area contributed by atoms with Crippen molar-refractivity contribution >= 4 is 45.0 Å². The van der Waals surface area contributed by atoms with Crippen molar-refractivity contribution in [3.05, 3.63) is 92.6 Å². The molecule has 206 valence electrons. The highest BCUT2D eigenvalue weighted by Crippen LogP contribution is 2.36. The van der Waals surface area contributed by atoms with Gasteiger partial charge in [0.05, 0.1) is 11.1 Å². The van der Waals surface area contributed by atoms with E-state index < -0.39 is 0 Å². The largest absolute Gasteiger partial charge is 0.353 e. The third-order valence-corrected chi connectivity index (χ3v) is 9.79. The lowest BCUT2D eigenvalue weighted by Gasteiger charge is -2.14. The number of carbonyl (C=O) groups excluding carboxylic acids is 1. The van der Waals surface area contributed by atoms with Crippen LogP contribution in [0.5, 0.6) is 0 Å². The number of hydrogen-bond donors (Lipinski definition) is 1. The van der Waals surface area contributed by atoms with Crippen LogP contribution in [-0.4, -0.2) is 36.9 Å². The number of hydrogen-bond acceptors (Lipinski definition) is 6. The van der Waals surface area contributed by atoms with E-state index >= 15 is 0 Å². The number of amides is 1. The molecule has 6 rings (SSSR count). The van der Waals surface area contributed by atoms with Crippen LogP contribution in [0.4, 0.5) is 0 Å². The van der Waals surface area contributed by atoms with E-state index in [9.17, 15) is 9.59 Å². The summed E-state index contributed by atoms with van der Waals surface area (Å²) in [4.78, 5) is 28.9. The molecule has 2 aromatic carbocycles. The number of nitrogens with one attached hydrogen (secondary N) is 1. The van der Waals surface area contributed by atoms with Crippen LogP contribution in [0.25, 0.3) is 16.0 Å². The fourth-order valence-electron chi connectivity index (χ4n) is 5.50. The van der Waals surface area contributed by atoms with E-state index in [0.717, 1.165) is 55.2 Å². The lowest BCUT2D eigenvalue weighted by molar-refractivity contribution is -0.119. The minimum absolute atomic E-state index is 0.0202.